The van der Waals surface area contributed by atoms with Crippen molar-refractivity contribution in [1.29, 1.82) is 0 Å². The second kappa shape index (κ2) is 5.10. The molecule has 0 saturated carbocycles. The number of thiol groups is 1. The molecule has 4 heteroatoms. The third-order valence-electron chi connectivity index (χ3n) is 3.07. The van der Waals surface area contributed by atoms with E-state index in [1.54, 1.807) is 6.07 Å². The molecular weight excluding hydrogens is 234 g/mol. The minimum Gasteiger partial charge on any atom is -0.373 e. The highest BCUT2D eigenvalue weighted by Crippen LogP contribution is 2.24. The van der Waals surface area contributed by atoms with Crippen LogP contribution in [-0.2, 0) is 4.74 Å². The van der Waals surface area contributed by atoms with Crippen LogP contribution in [0.4, 0.5) is 0 Å². The largest absolute Gasteiger partial charge is 0.373 e. The molecule has 1 fully saturated rings. The van der Waals surface area contributed by atoms with Crippen LogP contribution in [0.5, 0.6) is 0 Å². The highest BCUT2D eigenvalue weighted by Gasteiger charge is 2.30. The van der Waals surface area contributed by atoms with Crippen molar-refractivity contribution in [2.75, 3.05) is 13.2 Å². The number of ether oxygens (including phenoxy) is 1. The third-order valence-corrected chi connectivity index (χ3v) is 3.46. The summed E-state index contributed by atoms with van der Waals surface area (Å²) in [5.41, 5.74) is 0.402. The van der Waals surface area contributed by atoms with E-state index >= 15 is 0 Å². The number of carbonyl (C=O) groups is 1. The standard InChI is InChI=1S/C13H17NO2S/c1-13(7-4-8-16-13)9-14-12(15)10-5-2-3-6-11(10)17/h2-3,5-6,17H,4,7-9H2,1H3,(H,14,15). The first-order chi connectivity index (χ1) is 8.11. The Balaban J connectivity index is 1.96. The summed E-state index contributed by atoms with van der Waals surface area (Å²) in [7, 11) is 0. The lowest BCUT2D eigenvalue weighted by Gasteiger charge is -2.23. The average Bonchev–Trinajstić information content (AvgIpc) is 2.74. The SMILES string of the molecule is CC1(CNC(=O)c2ccccc2S)CCCO1. The van der Waals surface area contributed by atoms with Crippen LogP contribution < -0.4 is 5.32 Å². The summed E-state index contributed by atoms with van der Waals surface area (Å²) in [5.74, 6) is -0.0904. The predicted molar refractivity (Wildman–Crippen MR) is 69.6 cm³/mol. The molecule has 3 nitrogen and oxygen atoms in total. The van der Waals surface area contributed by atoms with E-state index in [9.17, 15) is 4.79 Å². The van der Waals surface area contributed by atoms with Crippen molar-refractivity contribution >= 4 is 18.5 Å². The maximum absolute atomic E-state index is 11.9. The second-order valence-electron chi connectivity index (χ2n) is 4.60. The lowest BCUT2D eigenvalue weighted by Crippen LogP contribution is -2.40. The van der Waals surface area contributed by atoms with Gasteiger partial charge in [-0.25, -0.2) is 0 Å². The van der Waals surface area contributed by atoms with E-state index in [4.69, 9.17) is 4.74 Å². The Kier molecular flexibility index (Phi) is 3.74. The van der Waals surface area contributed by atoms with Crippen molar-refractivity contribution < 1.29 is 9.53 Å². The fourth-order valence-corrected chi connectivity index (χ4v) is 2.27. The van der Waals surface area contributed by atoms with Gasteiger partial charge in [0.15, 0.2) is 0 Å². The van der Waals surface area contributed by atoms with Gasteiger partial charge in [0.25, 0.3) is 5.91 Å². The van der Waals surface area contributed by atoms with E-state index in [0.717, 1.165) is 19.4 Å². The summed E-state index contributed by atoms with van der Waals surface area (Å²) in [6, 6.07) is 7.28. The molecule has 1 aromatic carbocycles. The van der Waals surface area contributed by atoms with Gasteiger partial charge >= 0.3 is 0 Å². The molecule has 0 aromatic heterocycles. The lowest BCUT2D eigenvalue weighted by atomic mass is 10.0. The summed E-state index contributed by atoms with van der Waals surface area (Å²) < 4.78 is 5.62. The fourth-order valence-electron chi connectivity index (χ4n) is 2.00. The van der Waals surface area contributed by atoms with Gasteiger partial charge in [-0.2, -0.15) is 0 Å². The first kappa shape index (κ1) is 12.5. The van der Waals surface area contributed by atoms with E-state index in [2.05, 4.69) is 17.9 Å². The zero-order valence-corrected chi connectivity index (χ0v) is 10.8. The van der Waals surface area contributed by atoms with E-state index in [-0.39, 0.29) is 11.5 Å². The molecule has 0 spiro atoms. The minimum atomic E-state index is -0.207. The van der Waals surface area contributed by atoms with Gasteiger partial charge in [-0.05, 0) is 31.9 Å². The molecule has 92 valence electrons. The van der Waals surface area contributed by atoms with Crippen LogP contribution in [0.2, 0.25) is 0 Å². The normalized spacial score (nSPS) is 23.6. The Morgan fingerprint density at radius 1 is 1.53 bits per heavy atom. The van der Waals surface area contributed by atoms with Crippen LogP contribution in [0.15, 0.2) is 29.2 Å². The summed E-state index contributed by atoms with van der Waals surface area (Å²) in [4.78, 5) is 12.6. The molecule has 17 heavy (non-hydrogen) atoms. The molecule has 1 aromatic rings. The number of benzene rings is 1. The molecule has 0 bridgehead atoms. The number of hydrogen-bond acceptors (Lipinski definition) is 3. The van der Waals surface area contributed by atoms with Crippen molar-refractivity contribution in [1.82, 2.24) is 5.32 Å². The van der Waals surface area contributed by atoms with Crippen molar-refractivity contribution in [2.24, 2.45) is 0 Å². The van der Waals surface area contributed by atoms with Gasteiger partial charge in [0.05, 0.1) is 11.2 Å². The Labute approximate surface area is 107 Å². The maximum Gasteiger partial charge on any atom is 0.252 e. The average molecular weight is 251 g/mol. The van der Waals surface area contributed by atoms with Crippen LogP contribution in [-0.4, -0.2) is 24.7 Å². The molecule has 1 amide bonds. The van der Waals surface area contributed by atoms with E-state index < -0.39 is 0 Å². The van der Waals surface area contributed by atoms with Crippen molar-refractivity contribution in [2.45, 2.75) is 30.3 Å². The molecule has 2 rings (SSSR count). The Morgan fingerprint density at radius 2 is 2.29 bits per heavy atom. The summed E-state index contributed by atoms with van der Waals surface area (Å²) >= 11 is 4.27. The van der Waals surface area contributed by atoms with Crippen molar-refractivity contribution in [3.05, 3.63) is 29.8 Å². The van der Waals surface area contributed by atoms with Crippen LogP contribution in [0, 0.1) is 0 Å². The molecule has 1 unspecified atom stereocenters. The van der Waals surface area contributed by atoms with Gasteiger partial charge in [-0.3, -0.25) is 4.79 Å². The van der Waals surface area contributed by atoms with Gasteiger partial charge < -0.3 is 10.1 Å². The van der Waals surface area contributed by atoms with Gasteiger partial charge in [0.1, 0.15) is 0 Å². The summed E-state index contributed by atoms with van der Waals surface area (Å²) in [6.07, 6.45) is 2.06. The van der Waals surface area contributed by atoms with E-state index in [1.165, 1.54) is 0 Å². The monoisotopic (exact) mass is 251 g/mol. The van der Waals surface area contributed by atoms with Crippen LogP contribution in [0.1, 0.15) is 30.1 Å². The molecule has 1 aliphatic heterocycles. The zero-order valence-electron chi connectivity index (χ0n) is 9.90. The smallest absolute Gasteiger partial charge is 0.252 e. The zero-order chi connectivity index (χ0) is 12.3. The summed E-state index contributed by atoms with van der Waals surface area (Å²) in [5, 5.41) is 2.91. The molecule has 1 aliphatic rings. The van der Waals surface area contributed by atoms with Gasteiger partial charge in [-0.15, -0.1) is 12.6 Å². The molecular formula is C13H17NO2S. The van der Waals surface area contributed by atoms with Gasteiger partial charge in [-0.1, -0.05) is 12.1 Å². The number of carbonyl (C=O) groups excluding carboxylic acids is 1. The number of nitrogens with one attached hydrogen (secondary N) is 1. The maximum atomic E-state index is 11.9. The molecule has 1 atom stereocenters. The van der Waals surface area contributed by atoms with Crippen LogP contribution >= 0.6 is 12.6 Å². The lowest BCUT2D eigenvalue weighted by molar-refractivity contribution is 0.0205. The quantitative estimate of drug-likeness (QED) is 0.809. The molecule has 1 heterocycles. The summed E-state index contributed by atoms with van der Waals surface area (Å²) in [6.45, 7) is 3.37. The third kappa shape index (κ3) is 3.01. The minimum absolute atomic E-state index is 0.0904. The van der Waals surface area contributed by atoms with Crippen molar-refractivity contribution in [3.8, 4) is 0 Å². The fraction of sp³-hybridized carbons (Fsp3) is 0.462. The Bertz CT molecular complexity index is 414. The molecule has 1 saturated heterocycles. The molecule has 0 radical (unpaired) electrons. The highest BCUT2D eigenvalue weighted by molar-refractivity contribution is 7.80. The van der Waals surface area contributed by atoms with E-state index in [1.807, 2.05) is 25.1 Å². The number of rotatable bonds is 3. The molecule has 0 aliphatic carbocycles. The van der Waals surface area contributed by atoms with E-state index in [0.29, 0.717) is 17.0 Å². The first-order valence-corrected chi connectivity index (χ1v) is 6.26. The molecule has 1 N–H and O–H groups in total. The first-order valence-electron chi connectivity index (χ1n) is 5.81. The Morgan fingerprint density at radius 3 is 2.94 bits per heavy atom. The second-order valence-corrected chi connectivity index (χ2v) is 5.08. The van der Waals surface area contributed by atoms with Gasteiger partial charge in [0.2, 0.25) is 0 Å². The topological polar surface area (TPSA) is 38.3 Å². The highest BCUT2D eigenvalue weighted by atomic mass is 32.1. The van der Waals surface area contributed by atoms with Crippen molar-refractivity contribution in [3.63, 3.8) is 0 Å². The van der Waals surface area contributed by atoms with Gasteiger partial charge in [0, 0.05) is 18.0 Å². The number of hydrogen-bond donors (Lipinski definition) is 2. The number of amides is 1. The van der Waals surface area contributed by atoms with Crippen LogP contribution in [0.3, 0.4) is 0 Å². The van der Waals surface area contributed by atoms with Crippen LogP contribution in [0.25, 0.3) is 0 Å². The predicted octanol–water partition coefficient (Wildman–Crippen LogP) is 2.27. The Hall–Kier alpha value is -1.00.